The van der Waals surface area contributed by atoms with Gasteiger partial charge in [-0.15, -0.1) is 0 Å². The van der Waals surface area contributed by atoms with Gasteiger partial charge in [0.05, 0.1) is 0 Å². The molecule has 0 aliphatic rings. The Morgan fingerprint density at radius 1 is 0.600 bits per heavy atom. The molecule has 0 saturated heterocycles. The fourth-order valence-electron chi connectivity index (χ4n) is 0. The molecule has 0 spiro atoms. The van der Waals surface area contributed by atoms with E-state index in [9.17, 15) is 0 Å². The Balaban J connectivity index is 0. The second-order valence-electron chi connectivity index (χ2n) is 0. The summed E-state index contributed by atoms with van der Waals surface area (Å²) in [6.45, 7) is 0. The summed E-state index contributed by atoms with van der Waals surface area (Å²) in [6, 6.07) is 0. The Labute approximate surface area is 102 Å². The van der Waals surface area contributed by atoms with Crippen molar-refractivity contribution < 1.29 is 5.71 Å². The molecule has 0 aliphatic heterocycles. The first-order valence-corrected chi connectivity index (χ1v) is 0. The monoisotopic (exact) mass is 142 g/mol. The van der Waals surface area contributed by atoms with Crippen molar-refractivity contribution in [2.45, 2.75) is 0 Å². The van der Waals surface area contributed by atoms with E-state index in [0.29, 0.717) is 0 Å². The molecule has 0 rings (SSSR count). The van der Waals surface area contributed by atoms with E-state index in [2.05, 4.69) is 0 Å². The summed E-state index contributed by atoms with van der Waals surface area (Å²) in [4.78, 5) is 0. The molecule has 0 aromatic heterocycles. The maximum absolute atomic E-state index is 0. The van der Waals surface area contributed by atoms with E-state index in [1.54, 1.807) is 0 Å². The zero-order valence-electron chi connectivity index (χ0n) is 5.41. The molecule has 0 aromatic rings. The average molecular weight is 143 g/mol. The summed E-state index contributed by atoms with van der Waals surface area (Å²) in [7, 11) is 0. The van der Waals surface area contributed by atoms with Gasteiger partial charge in [0, 0.05) is 0 Å². The standard InChI is InChI=1S/3Al.2Mg.13H/q;;;2*+2;;;;;;;;;;4*-1. The van der Waals surface area contributed by atoms with Crippen molar-refractivity contribution in [1.29, 1.82) is 0 Å². The van der Waals surface area contributed by atoms with Crippen LogP contribution < -0.4 is 0 Å². The summed E-state index contributed by atoms with van der Waals surface area (Å²) in [5, 5.41) is 0. The molecule has 0 aromatic carbocycles. The van der Waals surface area contributed by atoms with E-state index >= 15 is 0 Å². The van der Waals surface area contributed by atoms with E-state index in [0.717, 1.165) is 0 Å². The van der Waals surface area contributed by atoms with Gasteiger partial charge >= 0.3 is 46.1 Å². The second-order valence-corrected chi connectivity index (χ2v) is 0. The summed E-state index contributed by atoms with van der Waals surface area (Å²) < 4.78 is 0. The maximum atomic E-state index is 0. The first-order valence-electron chi connectivity index (χ1n) is 0. The first-order chi connectivity index (χ1) is 0. The van der Waals surface area contributed by atoms with E-state index in [1.807, 2.05) is 0 Å². The van der Waals surface area contributed by atoms with Crippen LogP contribution in [0, 0.1) is 0 Å². The molecule has 0 radical (unpaired) electrons. The average Bonchev–Trinajstić information content (AvgIpc) is 0. The van der Waals surface area contributed by atoms with Crippen molar-refractivity contribution >= 4 is 98.2 Å². The van der Waals surface area contributed by atoms with Crippen molar-refractivity contribution in [1.82, 2.24) is 0 Å². The SMILES string of the molecule is [AlH3].[AlH3].[AlH3].[H-].[H-].[H-].[H-].[Mg+2].[Mg+2]. The van der Waals surface area contributed by atoms with Gasteiger partial charge in [-0.3, -0.25) is 0 Å². The third-order valence-corrected chi connectivity index (χ3v) is 0. The minimum Gasteiger partial charge on any atom is -1.00 e. The molecule has 5 heavy (non-hydrogen) atoms. The van der Waals surface area contributed by atoms with Crippen LogP contribution in [0.3, 0.4) is 0 Å². The van der Waals surface area contributed by atoms with Gasteiger partial charge in [-0.1, -0.05) is 0 Å². The van der Waals surface area contributed by atoms with Gasteiger partial charge in [-0.05, 0) is 0 Å². The summed E-state index contributed by atoms with van der Waals surface area (Å²) in [6.07, 6.45) is 0. The third kappa shape index (κ3) is 19.2. The number of hydrogen-bond acceptors (Lipinski definition) is 0. The molecular formula is H13Al3Mg2. The summed E-state index contributed by atoms with van der Waals surface area (Å²) >= 11 is 0. The molecule has 0 aliphatic carbocycles. The molecule has 0 amide bonds. The molecule has 0 bridgehead atoms. The predicted molar refractivity (Wildman–Crippen MR) is 45.8 cm³/mol. The quantitative estimate of drug-likeness (QED) is 0.304. The van der Waals surface area contributed by atoms with Crippen LogP contribution in [0.15, 0.2) is 0 Å². The Kier molecular flexibility index (Phi) is 231. The molecule has 0 unspecified atom stereocenters. The molecule has 0 nitrogen and oxygen atoms in total. The first kappa shape index (κ1) is 42.2. The van der Waals surface area contributed by atoms with Crippen LogP contribution in [0.5, 0.6) is 0 Å². The molecule has 0 heterocycles. The van der Waals surface area contributed by atoms with E-state index in [1.165, 1.54) is 0 Å². The van der Waals surface area contributed by atoms with E-state index in [4.69, 9.17) is 0 Å². The number of hydrogen-bond donors (Lipinski definition) is 0. The van der Waals surface area contributed by atoms with E-state index in [-0.39, 0.29) is 104 Å². The van der Waals surface area contributed by atoms with Gasteiger partial charge in [-0.2, -0.15) is 0 Å². The molecule has 0 atom stereocenters. The second kappa shape index (κ2) is 27.3. The predicted octanol–water partition coefficient (Wildman–Crippen LogP) is -3.86. The van der Waals surface area contributed by atoms with Gasteiger partial charge in [-0.25, -0.2) is 0 Å². The van der Waals surface area contributed by atoms with Crippen molar-refractivity contribution in [3.05, 3.63) is 0 Å². The zero-order chi connectivity index (χ0) is 0. The smallest absolute Gasteiger partial charge is 1.00 e. The van der Waals surface area contributed by atoms with Crippen LogP contribution in [0.1, 0.15) is 5.71 Å². The van der Waals surface area contributed by atoms with Crippen LogP contribution in [-0.2, 0) is 0 Å². The minimum absolute atomic E-state index is 0. The van der Waals surface area contributed by atoms with Gasteiger partial charge < -0.3 is 5.71 Å². The molecule has 5 heteroatoms. The van der Waals surface area contributed by atoms with Crippen LogP contribution in [0.2, 0.25) is 0 Å². The minimum atomic E-state index is 0. The van der Waals surface area contributed by atoms with Crippen molar-refractivity contribution in [2.75, 3.05) is 0 Å². The van der Waals surface area contributed by atoms with Gasteiger partial charge in [0.15, 0.2) is 52.1 Å². The third-order valence-electron chi connectivity index (χ3n) is 0. The van der Waals surface area contributed by atoms with Gasteiger partial charge in [0.1, 0.15) is 0 Å². The summed E-state index contributed by atoms with van der Waals surface area (Å²) in [5.41, 5.74) is 0. The van der Waals surface area contributed by atoms with Crippen molar-refractivity contribution in [2.24, 2.45) is 0 Å². The van der Waals surface area contributed by atoms with Crippen molar-refractivity contribution in [3.63, 3.8) is 0 Å². The Morgan fingerprint density at radius 3 is 0.600 bits per heavy atom. The van der Waals surface area contributed by atoms with Crippen LogP contribution >= 0.6 is 0 Å². The molecular weight excluding hydrogens is 130 g/mol. The van der Waals surface area contributed by atoms with Crippen LogP contribution in [0.4, 0.5) is 0 Å². The largest absolute Gasteiger partial charge is 2.00 e. The fraction of sp³-hybridized carbons (Fsp3) is 0. The zero-order valence-corrected chi connectivity index (χ0v) is 4.24. The topological polar surface area (TPSA) is 0 Å². The van der Waals surface area contributed by atoms with Crippen LogP contribution in [0.25, 0.3) is 0 Å². The van der Waals surface area contributed by atoms with Gasteiger partial charge in [0.2, 0.25) is 0 Å². The molecule has 26 valence electrons. The molecule has 0 saturated carbocycles. The van der Waals surface area contributed by atoms with Crippen LogP contribution in [-0.4, -0.2) is 98.2 Å². The molecule has 0 fully saturated rings. The van der Waals surface area contributed by atoms with E-state index < -0.39 is 0 Å². The Hall–Kier alpha value is 3.13. The normalized spacial score (nSPS) is 0. The Bertz CT molecular complexity index is 13.8. The maximum Gasteiger partial charge on any atom is 2.00 e. The molecule has 0 N–H and O–H groups in total. The van der Waals surface area contributed by atoms with Crippen molar-refractivity contribution in [3.8, 4) is 0 Å². The van der Waals surface area contributed by atoms with Gasteiger partial charge in [0.25, 0.3) is 0 Å². The summed E-state index contributed by atoms with van der Waals surface area (Å²) in [5.74, 6) is 0. The fourth-order valence-corrected chi connectivity index (χ4v) is 0. The Morgan fingerprint density at radius 2 is 0.600 bits per heavy atom. The number of rotatable bonds is 0.